The highest BCUT2D eigenvalue weighted by atomic mass is 16.5. The largest absolute Gasteiger partial charge is 0.481 e. The lowest BCUT2D eigenvalue weighted by atomic mass is 9.76. The third kappa shape index (κ3) is 1.62. The molecule has 0 aromatic rings. The van der Waals surface area contributed by atoms with E-state index >= 15 is 0 Å². The summed E-state index contributed by atoms with van der Waals surface area (Å²) < 4.78 is 5.60. The molecule has 0 saturated heterocycles. The molecule has 1 aliphatic heterocycles. The Bertz CT molecular complexity index is 408. The summed E-state index contributed by atoms with van der Waals surface area (Å²) in [6.45, 7) is 5.70. The molecule has 0 saturated carbocycles. The van der Waals surface area contributed by atoms with E-state index in [-0.39, 0.29) is 11.2 Å². The number of rotatable bonds is 1. The molecular weight excluding hydrogens is 206 g/mol. The minimum Gasteiger partial charge on any atom is -0.481 e. The molecule has 1 aliphatic carbocycles. The highest BCUT2D eigenvalue weighted by Gasteiger charge is 2.47. The number of hydrogen-bond donors (Lipinski definition) is 1. The van der Waals surface area contributed by atoms with Gasteiger partial charge in [-0.05, 0) is 12.3 Å². The van der Waals surface area contributed by atoms with Crippen LogP contribution >= 0.6 is 0 Å². The van der Waals surface area contributed by atoms with Crippen LogP contribution in [0.4, 0.5) is 0 Å². The second kappa shape index (κ2) is 3.09. The highest BCUT2D eigenvalue weighted by molar-refractivity contribution is 5.99. The molecule has 16 heavy (non-hydrogen) atoms. The van der Waals surface area contributed by atoms with E-state index in [0.29, 0.717) is 30.6 Å². The van der Waals surface area contributed by atoms with E-state index in [4.69, 9.17) is 10.5 Å². The average molecular weight is 223 g/mol. The molecule has 2 aliphatic rings. The van der Waals surface area contributed by atoms with Crippen molar-refractivity contribution >= 4 is 11.7 Å². The summed E-state index contributed by atoms with van der Waals surface area (Å²) in [5, 5.41) is 0. The van der Waals surface area contributed by atoms with E-state index in [1.807, 2.05) is 13.8 Å². The number of primary amides is 1. The first kappa shape index (κ1) is 11.2. The molecular formula is C12H17NO3. The quantitative estimate of drug-likeness (QED) is 0.728. The summed E-state index contributed by atoms with van der Waals surface area (Å²) in [6.07, 6.45) is 1.55. The SMILES string of the molecule is CC1(C)CC(=O)C2=C(C1)OC(C)(C(N)=O)C2. The Labute approximate surface area is 94.8 Å². The average Bonchev–Trinajstić information content (AvgIpc) is 2.41. The predicted molar refractivity (Wildman–Crippen MR) is 58.3 cm³/mol. The van der Waals surface area contributed by atoms with Gasteiger partial charge in [-0.15, -0.1) is 0 Å². The maximum absolute atomic E-state index is 11.9. The first-order valence-corrected chi connectivity index (χ1v) is 5.48. The van der Waals surface area contributed by atoms with E-state index in [0.717, 1.165) is 0 Å². The van der Waals surface area contributed by atoms with Gasteiger partial charge in [0.1, 0.15) is 5.76 Å². The van der Waals surface area contributed by atoms with Gasteiger partial charge in [0.05, 0.1) is 0 Å². The lowest BCUT2D eigenvalue weighted by Crippen LogP contribution is -2.40. The number of amides is 1. The molecule has 0 aromatic heterocycles. The predicted octanol–water partition coefficient (Wildman–Crippen LogP) is 1.29. The van der Waals surface area contributed by atoms with Crippen LogP contribution in [0.5, 0.6) is 0 Å². The minimum absolute atomic E-state index is 0.0845. The van der Waals surface area contributed by atoms with Gasteiger partial charge < -0.3 is 10.5 Å². The Balaban J connectivity index is 2.30. The molecule has 1 heterocycles. The normalized spacial score (nSPS) is 32.3. The van der Waals surface area contributed by atoms with Gasteiger partial charge in [-0.3, -0.25) is 9.59 Å². The van der Waals surface area contributed by atoms with Crippen molar-refractivity contribution in [1.29, 1.82) is 0 Å². The molecule has 0 spiro atoms. The Morgan fingerprint density at radius 3 is 2.44 bits per heavy atom. The summed E-state index contributed by atoms with van der Waals surface area (Å²) in [4.78, 5) is 23.2. The zero-order valence-corrected chi connectivity index (χ0v) is 9.92. The Hall–Kier alpha value is -1.32. The van der Waals surface area contributed by atoms with Crippen LogP contribution in [0, 0.1) is 5.41 Å². The summed E-state index contributed by atoms with van der Waals surface area (Å²) in [7, 11) is 0. The van der Waals surface area contributed by atoms with Gasteiger partial charge >= 0.3 is 0 Å². The maximum atomic E-state index is 11.9. The van der Waals surface area contributed by atoms with Crippen molar-refractivity contribution in [2.75, 3.05) is 0 Å². The van der Waals surface area contributed by atoms with E-state index in [9.17, 15) is 9.59 Å². The number of ketones is 1. The fourth-order valence-corrected chi connectivity index (χ4v) is 2.38. The molecule has 4 nitrogen and oxygen atoms in total. The van der Waals surface area contributed by atoms with Crippen LogP contribution in [0.3, 0.4) is 0 Å². The fraction of sp³-hybridized carbons (Fsp3) is 0.667. The van der Waals surface area contributed by atoms with Crippen LogP contribution in [-0.2, 0) is 14.3 Å². The van der Waals surface area contributed by atoms with Crippen LogP contribution in [0.15, 0.2) is 11.3 Å². The Morgan fingerprint density at radius 2 is 1.88 bits per heavy atom. The van der Waals surface area contributed by atoms with Crippen LogP contribution in [0.2, 0.25) is 0 Å². The van der Waals surface area contributed by atoms with Crippen LogP contribution in [0.25, 0.3) is 0 Å². The number of hydrogen-bond acceptors (Lipinski definition) is 3. The molecule has 2 rings (SSSR count). The molecule has 1 amide bonds. The molecule has 0 aromatic carbocycles. The van der Waals surface area contributed by atoms with Crippen molar-refractivity contribution in [3.63, 3.8) is 0 Å². The highest BCUT2D eigenvalue weighted by Crippen LogP contribution is 2.45. The second-order valence-electron chi connectivity index (χ2n) is 5.72. The fourth-order valence-electron chi connectivity index (χ4n) is 2.38. The Kier molecular flexibility index (Phi) is 2.16. The number of carbonyl (C=O) groups is 2. The summed E-state index contributed by atoms with van der Waals surface area (Å²) >= 11 is 0. The molecule has 88 valence electrons. The first-order chi connectivity index (χ1) is 7.23. The third-order valence-corrected chi connectivity index (χ3v) is 3.34. The lowest BCUT2D eigenvalue weighted by molar-refractivity contribution is -0.135. The van der Waals surface area contributed by atoms with E-state index in [2.05, 4.69) is 0 Å². The lowest BCUT2D eigenvalue weighted by Gasteiger charge is -2.29. The van der Waals surface area contributed by atoms with Crippen molar-refractivity contribution in [3.05, 3.63) is 11.3 Å². The van der Waals surface area contributed by atoms with Crippen LogP contribution < -0.4 is 5.73 Å². The third-order valence-electron chi connectivity index (χ3n) is 3.34. The van der Waals surface area contributed by atoms with Crippen LogP contribution in [0.1, 0.15) is 40.0 Å². The summed E-state index contributed by atoms with van der Waals surface area (Å²) in [5.74, 6) is 0.256. The van der Waals surface area contributed by atoms with Crippen LogP contribution in [-0.4, -0.2) is 17.3 Å². The monoisotopic (exact) mass is 223 g/mol. The van der Waals surface area contributed by atoms with Gasteiger partial charge in [-0.1, -0.05) is 13.8 Å². The zero-order valence-electron chi connectivity index (χ0n) is 9.92. The molecule has 1 atom stereocenters. The van der Waals surface area contributed by atoms with E-state index in [1.165, 1.54) is 0 Å². The maximum Gasteiger partial charge on any atom is 0.261 e. The molecule has 0 radical (unpaired) electrons. The first-order valence-electron chi connectivity index (χ1n) is 5.48. The van der Waals surface area contributed by atoms with Crippen molar-refractivity contribution in [3.8, 4) is 0 Å². The van der Waals surface area contributed by atoms with Gasteiger partial charge in [-0.2, -0.15) is 0 Å². The number of carbonyl (C=O) groups excluding carboxylic acids is 2. The summed E-state index contributed by atoms with van der Waals surface area (Å²) in [6, 6.07) is 0. The van der Waals surface area contributed by atoms with Crippen molar-refractivity contribution in [2.45, 2.75) is 45.6 Å². The van der Waals surface area contributed by atoms with Gasteiger partial charge in [0.15, 0.2) is 11.4 Å². The standard InChI is InChI=1S/C12H17NO3/c1-11(2)5-8(14)7-4-12(3,10(13)15)16-9(7)6-11/h4-6H2,1-3H3,(H2,13,15). The number of Topliss-reactive ketones (excluding diaryl/α,β-unsaturated/α-hetero) is 1. The van der Waals surface area contributed by atoms with Crippen molar-refractivity contribution in [2.24, 2.45) is 11.1 Å². The molecule has 0 bridgehead atoms. The molecule has 2 N–H and O–H groups in total. The minimum atomic E-state index is -1.03. The molecule has 4 heteroatoms. The molecule has 1 unspecified atom stereocenters. The van der Waals surface area contributed by atoms with E-state index in [1.54, 1.807) is 6.92 Å². The molecule has 0 fully saturated rings. The van der Waals surface area contributed by atoms with Gasteiger partial charge in [-0.25, -0.2) is 0 Å². The smallest absolute Gasteiger partial charge is 0.261 e. The number of nitrogens with two attached hydrogens (primary N) is 1. The van der Waals surface area contributed by atoms with Gasteiger partial charge in [0, 0.05) is 24.8 Å². The number of allylic oxidation sites excluding steroid dienone is 1. The van der Waals surface area contributed by atoms with Gasteiger partial charge in [0.2, 0.25) is 0 Å². The number of ether oxygens (including phenoxy) is 1. The second-order valence-corrected chi connectivity index (χ2v) is 5.72. The van der Waals surface area contributed by atoms with Crippen molar-refractivity contribution < 1.29 is 14.3 Å². The summed E-state index contributed by atoms with van der Waals surface area (Å²) in [5.41, 5.74) is 4.85. The van der Waals surface area contributed by atoms with Crippen molar-refractivity contribution in [1.82, 2.24) is 0 Å². The topological polar surface area (TPSA) is 69.4 Å². The Morgan fingerprint density at radius 1 is 1.25 bits per heavy atom. The van der Waals surface area contributed by atoms with Gasteiger partial charge in [0.25, 0.3) is 5.91 Å². The van der Waals surface area contributed by atoms with E-state index < -0.39 is 11.5 Å². The zero-order chi connectivity index (χ0) is 12.1.